The van der Waals surface area contributed by atoms with E-state index in [1.54, 1.807) is 27.3 Å². The van der Waals surface area contributed by atoms with Gasteiger partial charge in [-0.1, -0.05) is 36.6 Å². The summed E-state index contributed by atoms with van der Waals surface area (Å²) < 4.78 is 0. The quantitative estimate of drug-likeness (QED) is 0.205. The molecule has 0 spiro atoms. The smallest absolute Gasteiger partial charge is 0.227 e. The number of rotatable bonds is 9. The maximum absolute atomic E-state index is 4.25. The molecule has 0 aliphatic rings. The SMILES string of the molecule is C.C.C.C.CCNc1nc(NC)ncc1C.CCNc1ncnc(NC)n1.CCc1cnc(NC)nc1NC. The Morgan fingerprint density at radius 2 is 1.05 bits per heavy atom. The molecule has 0 aliphatic carbocycles. The van der Waals surface area contributed by atoms with E-state index < -0.39 is 0 Å². The lowest BCUT2D eigenvalue weighted by Gasteiger charge is -2.06. The minimum atomic E-state index is 0. The van der Waals surface area contributed by atoms with Gasteiger partial charge >= 0.3 is 0 Å². The van der Waals surface area contributed by atoms with Crippen LogP contribution in [0.1, 0.15) is 61.6 Å². The Labute approximate surface area is 237 Å². The van der Waals surface area contributed by atoms with Gasteiger partial charge in [0.25, 0.3) is 0 Å². The van der Waals surface area contributed by atoms with Gasteiger partial charge in [0, 0.05) is 64.8 Å². The zero-order valence-corrected chi connectivity index (χ0v) is 22.0. The van der Waals surface area contributed by atoms with Crippen molar-refractivity contribution in [1.29, 1.82) is 0 Å². The first-order valence-electron chi connectivity index (χ1n) is 11.5. The molecule has 0 bridgehead atoms. The number of hydrogen-bond donors (Lipinski definition) is 6. The van der Waals surface area contributed by atoms with E-state index >= 15 is 0 Å². The fourth-order valence-electron chi connectivity index (χ4n) is 2.57. The van der Waals surface area contributed by atoms with Crippen LogP contribution in [0.5, 0.6) is 0 Å². The van der Waals surface area contributed by atoms with Gasteiger partial charge in [0.1, 0.15) is 18.0 Å². The molecular weight excluding hydrogens is 494 g/mol. The van der Waals surface area contributed by atoms with Crippen molar-refractivity contribution in [3.8, 4) is 0 Å². The molecule has 0 atom stereocenters. The topological polar surface area (TPSA) is 162 Å². The molecule has 0 unspecified atom stereocenters. The summed E-state index contributed by atoms with van der Waals surface area (Å²) in [7, 11) is 7.24. The molecule has 0 aliphatic heterocycles. The van der Waals surface area contributed by atoms with Gasteiger partial charge in [0.2, 0.25) is 23.8 Å². The lowest BCUT2D eigenvalue weighted by molar-refractivity contribution is 1.02. The van der Waals surface area contributed by atoms with Crippen molar-refractivity contribution >= 4 is 35.4 Å². The van der Waals surface area contributed by atoms with Crippen molar-refractivity contribution in [2.75, 3.05) is 73.2 Å². The Morgan fingerprint density at radius 1 is 0.564 bits per heavy atom. The molecule has 0 amide bonds. The summed E-state index contributed by atoms with van der Waals surface area (Å²) in [6, 6.07) is 0. The summed E-state index contributed by atoms with van der Waals surface area (Å²) in [6.07, 6.45) is 6.05. The van der Waals surface area contributed by atoms with Crippen LogP contribution in [0.15, 0.2) is 18.7 Å². The number of aryl methyl sites for hydroxylation is 2. The number of aromatic nitrogens is 7. The summed E-state index contributed by atoms with van der Waals surface area (Å²) in [5.74, 6) is 4.28. The molecule has 0 saturated carbocycles. The summed E-state index contributed by atoms with van der Waals surface area (Å²) in [5, 5.41) is 17.8. The van der Waals surface area contributed by atoms with Crippen molar-refractivity contribution in [3.63, 3.8) is 0 Å². The van der Waals surface area contributed by atoms with Crippen LogP contribution in [-0.2, 0) is 6.42 Å². The van der Waals surface area contributed by atoms with E-state index in [0.29, 0.717) is 23.8 Å². The highest BCUT2D eigenvalue weighted by Gasteiger charge is 2.02. The third-order valence-corrected chi connectivity index (χ3v) is 4.38. The lowest BCUT2D eigenvalue weighted by atomic mass is 10.2. The predicted molar refractivity (Wildman–Crippen MR) is 171 cm³/mol. The molecule has 3 rings (SSSR count). The molecular formula is C26H55N13. The Bertz CT molecular complexity index is 999. The van der Waals surface area contributed by atoms with Gasteiger partial charge in [-0.3, -0.25) is 0 Å². The van der Waals surface area contributed by atoms with Crippen LogP contribution in [-0.4, -0.2) is 76.2 Å². The molecule has 6 N–H and O–H groups in total. The van der Waals surface area contributed by atoms with Gasteiger partial charge in [-0.15, -0.1) is 0 Å². The molecule has 3 aromatic rings. The average molecular weight is 550 g/mol. The molecule has 0 saturated heterocycles. The molecule has 13 nitrogen and oxygen atoms in total. The van der Waals surface area contributed by atoms with Gasteiger partial charge in [0.15, 0.2) is 0 Å². The van der Waals surface area contributed by atoms with Crippen LogP contribution in [0.2, 0.25) is 0 Å². The van der Waals surface area contributed by atoms with Crippen molar-refractivity contribution in [2.24, 2.45) is 0 Å². The van der Waals surface area contributed by atoms with Crippen molar-refractivity contribution in [1.82, 2.24) is 34.9 Å². The molecule has 0 aromatic carbocycles. The highest BCUT2D eigenvalue weighted by atomic mass is 15.2. The number of nitrogens with one attached hydrogen (secondary N) is 6. The molecule has 224 valence electrons. The number of nitrogens with zero attached hydrogens (tertiary/aromatic N) is 7. The summed E-state index contributed by atoms with van der Waals surface area (Å²) in [4.78, 5) is 28.5. The van der Waals surface area contributed by atoms with Crippen molar-refractivity contribution in [3.05, 3.63) is 29.8 Å². The Kier molecular flexibility index (Phi) is 26.2. The van der Waals surface area contributed by atoms with E-state index in [4.69, 9.17) is 0 Å². The first kappa shape index (κ1) is 42.1. The Hall–Kier alpha value is -4.03. The molecule has 3 heterocycles. The predicted octanol–water partition coefficient (Wildman–Crippen LogP) is 5.27. The molecule has 0 fully saturated rings. The second kappa shape index (κ2) is 24.3. The zero-order chi connectivity index (χ0) is 26.1. The van der Waals surface area contributed by atoms with Gasteiger partial charge < -0.3 is 31.9 Å². The van der Waals surface area contributed by atoms with Gasteiger partial charge in [0.05, 0.1) is 0 Å². The zero-order valence-electron chi connectivity index (χ0n) is 22.0. The fraction of sp³-hybridized carbons (Fsp3) is 0.577. The second-order valence-corrected chi connectivity index (χ2v) is 6.84. The highest BCUT2D eigenvalue weighted by Crippen LogP contribution is 2.13. The lowest BCUT2D eigenvalue weighted by Crippen LogP contribution is -2.05. The van der Waals surface area contributed by atoms with Crippen LogP contribution in [0.25, 0.3) is 0 Å². The van der Waals surface area contributed by atoms with Crippen molar-refractivity contribution in [2.45, 2.75) is 63.8 Å². The molecule has 13 heteroatoms. The van der Waals surface area contributed by atoms with Crippen LogP contribution < -0.4 is 31.9 Å². The van der Waals surface area contributed by atoms with E-state index in [1.165, 1.54) is 6.33 Å². The van der Waals surface area contributed by atoms with Crippen LogP contribution in [0.3, 0.4) is 0 Å². The van der Waals surface area contributed by atoms with Gasteiger partial charge in [-0.05, 0) is 27.2 Å². The first-order valence-corrected chi connectivity index (χ1v) is 11.5. The molecule has 0 radical (unpaired) electrons. The normalized spacial score (nSPS) is 8.51. The maximum Gasteiger partial charge on any atom is 0.227 e. The van der Waals surface area contributed by atoms with Crippen LogP contribution >= 0.6 is 0 Å². The first-order chi connectivity index (χ1) is 17.0. The van der Waals surface area contributed by atoms with Gasteiger partial charge in [-0.25, -0.2) is 19.9 Å². The standard InChI is InChI=1S/2C8H14N4.C6H11N5.4CH4/c1-4-6-5-11-8(10-3)12-7(6)9-2;1-4-10-7-6(2)5-11-8(9-3)12-7;1-3-8-6-10-4-9-5(7-2)11-6;;;;/h2*5H,4H2,1-3H3,(H2,9,10,11,12);4H,3H2,1-2H3,(H2,7,8,9,10,11);4*1H4. The van der Waals surface area contributed by atoms with E-state index in [9.17, 15) is 0 Å². The highest BCUT2D eigenvalue weighted by molar-refractivity contribution is 5.47. The van der Waals surface area contributed by atoms with E-state index in [-0.39, 0.29) is 29.7 Å². The van der Waals surface area contributed by atoms with Crippen molar-refractivity contribution < 1.29 is 0 Å². The number of anilines is 6. The van der Waals surface area contributed by atoms with E-state index in [1.807, 2.05) is 34.0 Å². The van der Waals surface area contributed by atoms with Crippen LogP contribution in [0, 0.1) is 6.92 Å². The largest absolute Gasteiger partial charge is 0.373 e. The summed E-state index contributed by atoms with van der Waals surface area (Å²) in [5.41, 5.74) is 2.20. The fourth-order valence-corrected chi connectivity index (χ4v) is 2.57. The maximum atomic E-state index is 4.25. The monoisotopic (exact) mass is 549 g/mol. The number of hydrogen-bond acceptors (Lipinski definition) is 13. The third kappa shape index (κ3) is 15.1. The van der Waals surface area contributed by atoms with Gasteiger partial charge in [-0.2, -0.15) is 15.0 Å². The Balaban J connectivity index is -0.000000224. The molecule has 39 heavy (non-hydrogen) atoms. The average Bonchev–Trinajstić information content (AvgIpc) is 2.90. The minimum Gasteiger partial charge on any atom is -0.373 e. The minimum absolute atomic E-state index is 0. The van der Waals surface area contributed by atoms with E-state index in [2.05, 4.69) is 73.7 Å². The summed E-state index contributed by atoms with van der Waals surface area (Å²) in [6.45, 7) is 9.79. The molecule has 3 aromatic heterocycles. The van der Waals surface area contributed by atoms with E-state index in [0.717, 1.165) is 42.3 Å². The third-order valence-electron chi connectivity index (χ3n) is 4.38. The second-order valence-electron chi connectivity index (χ2n) is 6.84. The Morgan fingerprint density at radius 3 is 1.54 bits per heavy atom. The van der Waals surface area contributed by atoms with Crippen LogP contribution in [0.4, 0.5) is 35.4 Å². The summed E-state index contributed by atoms with van der Waals surface area (Å²) >= 11 is 0.